The van der Waals surface area contributed by atoms with Crippen molar-refractivity contribution in [2.24, 2.45) is 5.92 Å². The van der Waals surface area contributed by atoms with E-state index < -0.39 is 5.82 Å². The van der Waals surface area contributed by atoms with Gasteiger partial charge in [-0.2, -0.15) is 0 Å². The summed E-state index contributed by atoms with van der Waals surface area (Å²) in [5.41, 5.74) is 4.96. The number of nitrogens with zero attached hydrogens (tertiary/aromatic N) is 1. The molecule has 1 amide bonds. The fourth-order valence-electron chi connectivity index (χ4n) is 5.20. The van der Waals surface area contributed by atoms with Crippen LogP contribution in [0.3, 0.4) is 0 Å². The molecule has 0 radical (unpaired) electrons. The average Bonchev–Trinajstić information content (AvgIpc) is 3.74. The minimum Gasteiger partial charge on any atom is -0.494 e. The lowest BCUT2D eigenvalue weighted by atomic mass is 9.93. The molecule has 0 saturated heterocycles. The lowest BCUT2D eigenvalue weighted by Gasteiger charge is -2.20. The Morgan fingerprint density at radius 1 is 1.10 bits per heavy atom. The molecule has 1 fully saturated rings. The highest BCUT2D eigenvalue weighted by atomic mass is 35.5. The highest BCUT2D eigenvalue weighted by Crippen LogP contribution is 2.42. The first kappa shape index (κ1) is 27.3. The van der Waals surface area contributed by atoms with E-state index in [1.165, 1.54) is 19.2 Å². The van der Waals surface area contributed by atoms with E-state index in [9.17, 15) is 14.3 Å². The zero-order valence-electron chi connectivity index (χ0n) is 22.0. The first-order chi connectivity index (χ1) is 19.9. The Hall–Kier alpha value is -3.91. The molecule has 5 aromatic rings. The first-order valence-electron chi connectivity index (χ1n) is 13.2. The van der Waals surface area contributed by atoms with Gasteiger partial charge in [0.15, 0.2) is 11.6 Å². The van der Waals surface area contributed by atoms with E-state index in [0.717, 1.165) is 18.4 Å². The maximum absolute atomic E-state index is 14.3. The molecule has 1 aliphatic rings. The number of amides is 1. The number of carbonyl (C=O) groups is 1. The summed E-state index contributed by atoms with van der Waals surface area (Å²) in [6.45, 7) is -0.313. The summed E-state index contributed by atoms with van der Waals surface area (Å²) >= 11 is 12.8. The zero-order chi connectivity index (χ0) is 28.7. The average molecular weight is 590 g/mol. The molecule has 9 heteroatoms. The van der Waals surface area contributed by atoms with Gasteiger partial charge in [-0.25, -0.2) is 9.37 Å². The largest absolute Gasteiger partial charge is 0.494 e. The summed E-state index contributed by atoms with van der Waals surface area (Å²) in [5, 5.41) is 14.6. The predicted octanol–water partition coefficient (Wildman–Crippen LogP) is 7.72. The molecule has 6 rings (SSSR count). The summed E-state index contributed by atoms with van der Waals surface area (Å²) in [5.74, 6) is 0.215. The van der Waals surface area contributed by atoms with Gasteiger partial charge in [-0.3, -0.25) is 4.79 Å². The second kappa shape index (κ2) is 11.2. The number of halogens is 3. The van der Waals surface area contributed by atoms with Gasteiger partial charge in [-0.05, 0) is 65.8 Å². The van der Waals surface area contributed by atoms with Gasteiger partial charge in [0.25, 0.3) is 5.91 Å². The maximum atomic E-state index is 14.3. The van der Waals surface area contributed by atoms with Crippen molar-refractivity contribution < 1.29 is 19.0 Å². The maximum Gasteiger partial charge on any atom is 0.251 e. The minimum atomic E-state index is -0.502. The van der Waals surface area contributed by atoms with Crippen LogP contribution in [-0.2, 0) is 6.61 Å². The Labute approximate surface area is 246 Å². The summed E-state index contributed by atoms with van der Waals surface area (Å²) in [7, 11) is 1.40. The van der Waals surface area contributed by atoms with Crippen LogP contribution in [0.4, 0.5) is 4.39 Å². The van der Waals surface area contributed by atoms with Crippen LogP contribution in [0, 0.1) is 11.7 Å². The Balaban J connectivity index is 1.35. The molecular formula is C32H26Cl2FN3O3. The van der Waals surface area contributed by atoms with Gasteiger partial charge in [0.1, 0.15) is 5.82 Å². The molecule has 1 heterocycles. The summed E-state index contributed by atoms with van der Waals surface area (Å²) in [4.78, 5) is 21.2. The molecule has 1 aromatic heterocycles. The van der Waals surface area contributed by atoms with Crippen LogP contribution in [0.15, 0.2) is 72.8 Å². The number of hydrogen-bond acceptors (Lipinski definition) is 4. The van der Waals surface area contributed by atoms with E-state index in [1.807, 2.05) is 30.3 Å². The van der Waals surface area contributed by atoms with Crippen LogP contribution in [0.5, 0.6) is 5.75 Å². The van der Waals surface area contributed by atoms with E-state index in [-0.39, 0.29) is 24.3 Å². The minimum absolute atomic E-state index is 0.0956. The van der Waals surface area contributed by atoms with E-state index in [4.69, 9.17) is 27.9 Å². The van der Waals surface area contributed by atoms with Crippen molar-refractivity contribution in [1.29, 1.82) is 0 Å². The summed E-state index contributed by atoms with van der Waals surface area (Å²) in [6, 6.07) is 20.9. The molecule has 0 bridgehead atoms. The number of carbonyl (C=O) groups excluding carboxylic acids is 1. The Morgan fingerprint density at radius 3 is 2.59 bits per heavy atom. The fraction of sp³-hybridized carbons (Fsp3) is 0.188. The predicted molar refractivity (Wildman–Crippen MR) is 159 cm³/mol. The number of fused-ring (bicyclic) bond motifs is 1. The third-order valence-corrected chi connectivity index (χ3v) is 8.01. The van der Waals surface area contributed by atoms with E-state index in [1.54, 1.807) is 30.3 Å². The van der Waals surface area contributed by atoms with E-state index in [0.29, 0.717) is 60.6 Å². The summed E-state index contributed by atoms with van der Waals surface area (Å²) in [6.07, 6.45) is 2.09. The first-order valence-corrected chi connectivity index (χ1v) is 13.9. The molecule has 41 heavy (non-hydrogen) atoms. The number of aromatic nitrogens is 2. The molecule has 4 aromatic carbocycles. The topological polar surface area (TPSA) is 87.2 Å². The molecule has 1 saturated carbocycles. The number of methoxy groups -OCH3 is 1. The third kappa shape index (κ3) is 5.40. The zero-order valence-corrected chi connectivity index (χ0v) is 23.6. The second-order valence-corrected chi connectivity index (χ2v) is 11.0. The molecule has 3 N–H and O–H groups in total. The highest BCUT2D eigenvalue weighted by Gasteiger charge is 2.33. The quantitative estimate of drug-likeness (QED) is 0.173. The second-order valence-electron chi connectivity index (χ2n) is 10.1. The molecule has 208 valence electrons. The number of aromatic amines is 1. The molecule has 0 spiro atoms. The fourth-order valence-corrected chi connectivity index (χ4v) is 5.60. The molecule has 0 aliphatic heterocycles. The van der Waals surface area contributed by atoms with Crippen molar-refractivity contribution in [2.45, 2.75) is 25.5 Å². The van der Waals surface area contributed by atoms with Crippen LogP contribution in [0.25, 0.3) is 33.5 Å². The van der Waals surface area contributed by atoms with Crippen molar-refractivity contribution in [3.05, 3.63) is 105 Å². The van der Waals surface area contributed by atoms with Crippen LogP contribution < -0.4 is 10.1 Å². The number of ether oxygens (including phenoxy) is 1. The van der Waals surface area contributed by atoms with Gasteiger partial charge in [0.05, 0.1) is 30.8 Å². The smallest absolute Gasteiger partial charge is 0.251 e. The highest BCUT2D eigenvalue weighted by molar-refractivity contribution is 6.34. The van der Waals surface area contributed by atoms with Gasteiger partial charge < -0.3 is 20.1 Å². The monoisotopic (exact) mass is 589 g/mol. The SMILES string of the molecule is COc1cc2nc(-c3cccc(Cl)c3-c3ccc(C(=O)N[C@H](c4ccc(Cl)cc4)C4CC4)cc3CO)[nH]c2cc1F. The molecule has 1 atom stereocenters. The number of imidazole rings is 1. The normalized spacial score (nSPS) is 13.8. The lowest BCUT2D eigenvalue weighted by molar-refractivity contribution is 0.0931. The number of nitrogens with one attached hydrogen (secondary N) is 2. The molecule has 1 aliphatic carbocycles. The molecular weight excluding hydrogens is 564 g/mol. The number of benzene rings is 4. The standard InChI is InChI=1S/C32H26Cl2FN3O3/c1-41-28-15-27-26(14-25(28)35)36-31(37-27)23-3-2-4-24(34)29(23)22-12-9-19(13-20(22)16-39)32(40)38-30(17-5-6-17)18-7-10-21(33)11-8-18/h2-4,7-15,17,30,39H,5-6,16H2,1H3,(H,36,37)(H,38,40)/t30-/m0/s1. The van der Waals surface area contributed by atoms with E-state index >= 15 is 0 Å². The van der Waals surface area contributed by atoms with Gasteiger partial charge in [-0.1, -0.05) is 53.5 Å². The van der Waals surface area contributed by atoms with Gasteiger partial charge in [0, 0.05) is 38.9 Å². The van der Waals surface area contributed by atoms with Crippen LogP contribution >= 0.6 is 23.2 Å². The third-order valence-electron chi connectivity index (χ3n) is 7.44. The van der Waals surface area contributed by atoms with Crippen molar-refractivity contribution in [3.8, 4) is 28.3 Å². The van der Waals surface area contributed by atoms with Crippen molar-refractivity contribution in [1.82, 2.24) is 15.3 Å². The number of hydrogen-bond donors (Lipinski definition) is 3. The van der Waals surface area contributed by atoms with Gasteiger partial charge >= 0.3 is 0 Å². The number of aliphatic hydroxyl groups excluding tert-OH is 1. The van der Waals surface area contributed by atoms with Crippen LogP contribution in [-0.4, -0.2) is 28.1 Å². The number of aliphatic hydroxyl groups is 1. The van der Waals surface area contributed by atoms with Crippen molar-refractivity contribution in [2.75, 3.05) is 7.11 Å². The Morgan fingerprint density at radius 2 is 1.88 bits per heavy atom. The Bertz CT molecular complexity index is 1770. The number of H-pyrrole nitrogens is 1. The van der Waals surface area contributed by atoms with Gasteiger partial charge in [-0.15, -0.1) is 0 Å². The van der Waals surface area contributed by atoms with Crippen molar-refractivity contribution >= 4 is 40.1 Å². The van der Waals surface area contributed by atoms with Gasteiger partial charge in [0.2, 0.25) is 0 Å². The van der Waals surface area contributed by atoms with Crippen LogP contribution in [0.2, 0.25) is 10.0 Å². The molecule has 0 unspecified atom stereocenters. The lowest BCUT2D eigenvalue weighted by Crippen LogP contribution is -2.30. The van der Waals surface area contributed by atoms with Crippen LogP contribution in [0.1, 0.15) is 40.4 Å². The number of rotatable bonds is 8. The molecule has 6 nitrogen and oxygen atoms in total. The van der Waals surface area contributed by atoms with Crippen molar-refractivity contribution in [3.63, 3.8) is 0 Å². The van der Waals surface area contributed by atoms with E-state index in [2.05, 4.69) is 15.3 Å². The Kier molecular flexibility index (Phi) is 7.43. The summed E-state index contributed by atoms with van der Waals surface area (Å²) < 4.78 is 19.4.